The molecule has 0 spiro atoms. The quantitative estimate of drug-likeness (QED) is 0.744. The van der Waals surface area contributed by atoms with Crippen LogP contribution < -0.4 is 0 Å². The van der Waals surface area contributed by atoms with E-state index < -0.39 is 11.2 Å². The van der Waals surface area contributed by atoms with Gasteiger partial charge in [0.2, 0.25) is 5.89 Å². The van der Waals surface area contributed by atoms with Crippen LogP contribution in [0.5, 0.6) is 0 Å². The molecule has 0 aliphatic heterocycles. The molecule has 3 rings (SSSR count). The average molecular weight is 300 g/mol. The molecule has 0 amide bonds. The van der Waals surface area contributed by atoms with Gasteiger partial charge in [0, 0.05) is 5.56 Å². The number of fused-ring (bicyclic) bond motifs is 1. The Morgan fingerprint density at radius 1 is 1.19 bits per heavy atom. The number of hydrogen-bond donors (Lipinski definition) is 1. The molecule has 5 nitrogen and oxygen atoms in total. The summed E-state index contributed by atoms with van der Waals surface area (Å²) in [6, 6.07) is 13.8. The Morgan fingerprint density at radius 3 is 2.76 bits per heavy atom. The van der Waals surface area contributed by atoms with Crippen molar-refractivity contribution >= 4 is 28.5 Å². The first kappa shape index (κ1) is 13.6. The number of carboxylic acids is 1. The van der Waals surface area contributed by atoms with Gasteiger partial charge in [0.05, 0.1) is 0 Å². The van der Waals surface area contributed by atoms with Crippen molar-refractivity contribution in [2.75, 3.05) is 0 Å². The van der Waals surface area contributed by atoms with E-state index in [2.05, 4.69) is 10.2 Å². The van der Waals surface area contributed by atoms with Crippen LogP contribution in [0, 0.1) is 0 Å². The van der Waals surface area contributed by atoms with Gasteiger partial charge in [-0.15, -0.1) is 10.2 Å². The normalized spacial score (nSPS) is 12.4. The summed E-state index contributed by atoms with van der Waals surface area (Å²) in [6.07, 6.45) is 0. The van der Waals surface area contributed by atoms with Crippen LogP contribution in [0.1, 0.15) is 6.92 Å². The summed E-state index contributed by atoms with van der Waals surface area (Å²) in [5, 5.41) is 18.5. The van der Waals surface area contributed by atoms with E-state index in [0.717, 1.165) is 28.1 Å². The topological polar surface area (TPSA) is 76.2 Å². The van der Waals surface area contributed by atoms with Gasteiger partial charge in [0.15, 0.2) is 0 Å². The summed E-state index contributed by atoms with van der Waals surface area (Å²) < 4.78 is 5.58. The Labute approximate surface area is 125 Å². The fourth-order valence-electron chi connectivity index (χ4n) is 1.98. The Hall–Kier alpha value is -2.34. The summed E-state index contributed by atoms with van der Waals surface area (Å²) in [4.78, 5) is 10.8. The highest BCUT2D eigenvalue weighted by Gasteiger charge is 2.18. The molecule has 1 aromatic heterocycles. The largest absolute Gasteiger partial charge is 0.480 e. The zero-order valence-electron chi connectivity index (χ0n) is 11.2. The molecular weight excluding hydrogens is 288 g/mol. The van der Waals surface area contributed by atoms with Crippen molar-refractivity contribution in [2.45, 2.75) is 17.4 Å². The van der Waals surface area contributed by atoms with Gasteiger partial charge in [-0.3, -0.25) is 4.79 Å². The predicted molar refractivity (Wildman–Crippen MR) is 80.2 cm³/mol. The molecule has 0 bridgehead atoms. The molecule has 1 heterocycles. The van der Waals surface area contributed by atoms with Crippen molar-refractivity contribution in [3.8, 4) is 11.5 Å². The molecule has 106 valence electrons. The average Bonchev–Trinajstić information content (AvgIpc) is 2.95. The maximum atomic E-state index is 10.8. The number of benzene rings is 2. The highest BCUT2D eigenvalue weighted by molar-refractivity contribution is 8.00. The SMILES string of the molecule is C[C@H](Sc1nnc(-c2cccc3ccccc23)o1)C(=O)O. The first-order valence-corrected chi connectivity index (χ1v) is 7.24. The third-order valence-corrected chi connectivity index (χ3v) is 3.97. The van der Waals surface area contributed by atoms with Crippen LogP contribution in [0.3, 0.4) is 0 Å². The standard InChI is InChI=1S/C15H12N2O3S/c1-9(14(18)19)21-15-17-16-13(20-15)12-8-4-6-10-5-2-3-7-11(10)12/h2-9H,1H3,(H,18,19)/t9-/m0/s1. The number of carboxylic acid groups (broad SMARTS) is 1. The van der Waals surface area contributed by atoms with Gasteiger partial charge in [0.25, 0.3) is 5.22 Å². The molecule has 2 aromatic carbocycles. The Kier molecular flexibility index (Phi) is 3.62. The van der Waals surface area contributed by atoms with Gasteiger partial charge in [-0.25, -0.2) is 0 Å². The third-order valence-electron chi connectivity index (χ3n) is 3.05. The molecule has 21 heavy (non-hydrogen) atoms. The number of carbonyl (C=O) groups is 1. The van der Waals surface area contributed by atoms with Crippen LogP contribution in [0.4, 0.5) is 0 Å². The van der Waals surface area contributed by atoms with Gasteiger partial charge >= 0.3 is 5.97 Å². The van der Waals surface area contributed by atoms with Crippen LogP contribution in [-0.2, 0) is 4.79 Å². The molecule has 3 aromatic rings. The molecular formula is C15H12N2O3S. The summed E-state index contributed by atoms with van der Waals surface area (Å²) in [6.45, 7) is 1.58. The molecule has 0 unspecified atom stereocenters. The minimum Gasteiger partial charge on any atom is -0.480 e. The van der Waals surface area contributed by atoms with E-state index in [0.29, 0.717) is 5.89 Å². The summed E-state index contributed by atoms with van der Waals surface area (Å²) in [5.41, 5.74) is 0.843. The maximum Gasteiger partial charge on any atom is 0.316 e. The summed E-state index contributed by atoms with van der Waals surface area (Å²) in [7, 11) is 0. The second-order valence-electron chi connectivity index (χ2n) is 4.50. The molecule has 0 aliphatic rings. The lowest BCUT2D eigenvalue weighted by atomic mass is 10.0. The van der Waals surface area contributed by atoms with Crippen molar-refractivity contribution in [3.05, 3.63) is 42.5 Å². The van der Waals surface area contributed by atoms with Gasteiger partial charge in [-0.2, -0.15) is 0 Å². The first-order valence-electron chi connectivity index (χ1n) is 6.36. The number of rotatable bonds is 4. The minimum atomic E-state index is -0.912. The van der Waals surface area contributed by atoms with E-state index >= 15 is 0 Å². The fraction of sp³-hybridized carbons (Fsp3) is 0.133. The first-order chi connectivity index (χ1) is 10.1. The summed E-state index contributed by atoms with van der Waals surface area (Å²) >= 11 is 1.03. The zero-order chi connectivity index (χ0) is 14.8. The number of aliphatic carboxylic acids is 1. The molecule has 0 aliphatic carbocycles. The number of hydrogen-bond acceptors (Lipinski definition) is 5. The van der Waals surface area contributed by atoms with Crippen LogP contribution in [0.15, 0.2) is 52.1 Å². The van der Waals surface area contributed by atoms with Crippen LogP contribution in [-0.4, -0.2) is 26.5 Å². The lowest BCUT2D eigenvalue weighted by Crippen LogP contribution is -2.10. The van der Waals surface area contributed by atoms with Crippen molar-refractivity contribution in [1.29, 1.82) is 0 Å². The van der Waals surface area contributed by atoms with E-state index in [1.807, 2.05) is 42.5 Å². The van der Waals surface area contributed by atoms with Gasteiger partial charge < -0.3 is 9.52 Å². The van der Waals surface area contributed by atoms with Crippen LogP contribution >= 0.6 is 11.8 Å². The molecule has 0 saturated heterocycles. The Bertz CT molecular complexity index is 795. The summed E-state index contributed by atoms with van der Waals surface area (Å²) in [5.74, 6) is -0.517. The smallest absolute Gasteiger partial charge is 0.316 e. The molecule has 0 radical (unpaired) electrons. The second-order valence-corrected chi connectivity index (χ2v) is 5.79. The van der Waals surface area contributed by atoms with E-state index in [9.17, 15) is 4.79 Å². The lowest BCUT2D eigenvalue weighted by molar-refractivity contribution is -0.136. The highest BCUT2D eigenvalue weighted by Crippen LogP contribution is 2.30. The lowest BCUT2D eigenvalue weighted by Gasteiger charge is -2.02. The molecule has 1 N–H and O–H groups in total. The Morgan fingerprint density at radius 2 is 1.95 bits per heavy atom. The van der Waals surface area contributed by atoms with Gasteiger partial charge in [-0.1, -0.05) is 48.2 Å². The fourth-order valence-corrected chi connectivity index (χ4v) is 2.60. The van der Waals surface area contributed by atoms with Crippen LogP contribution in [0.2, 0.25) is 0 Å². The maximum absolute atomic E-state index is 10.8. The predicted octanol–water partition coefficient (Wildman–Crippen LogP) is 3.46. The highest BCUT2D eigenvalue weighted by atomic mass is 32.2. The second kappa shape index (κ2) is 5.57. The van der Waals surface area contributed by atoms with E-state index in [1.54, 1.807) is 6.92 Å². The molecule has 1 atom stereocenters. The minimum absolute atomic E-state index is 0.257. The van der Waals surface area contributed by atoms with E-state index in [-0.39, 0.29) is 5.22 Å². The van der Waals surface area contributed by atoms with Crippen molar-refractivity contribution in [2.24, 2.45) is 0 Å². The third kappa shape index (κ3) is 2.75. The van der Waals surface area contributed by atoms with Gasteiger partial charge in [-0.05, 0) is 23.8 Å². The zero-order valence-corrected chi connectivity index (χ0v) is 12.0. The molecule has 6 heteroatoms. The van der Waals surface area contributed by atoms with Crippen molar-refractivity contribution in [1.82, 2.24) is 10.2 Å². The van der Waals surface area contributed by atoms with Crippen LogP contribution in [0.25, 0.3) is 22.2 Å². The molecule has 0 saturated carbocycles. The Balaban J connectivity index is 1.97. The van der Waals surface area contributed by atoms with Crippen molar-refractivity contribution < 1.29 is 14.3 Å². The number of thioether (sulfide) groups is 1. The number of nitrogens with zero attached hydrogens (tertiary/aromatic N) is 2. The van der Waals surface area contributed by atoms with Gasteiger partial charge in [0.1, 0.15) is 5.25 Å². The molecule has 0 fully saturated rings. The monoisotopic (exact) mass is 300 g/mol. The number of aromatic nitrogens is 2. The van der Waals surface area contributed by atoms with E-state index in [1.165, 1.54) is 0 Å². The van der Waals surface area contributed by atoms with Crippen molar-refractivity contribution in [3.63, 3.8) is 0 Å². The van der Waals surface area contributed by atoms with E-state index in [4.69, 9.17) is 9.52 Å².